The predicted molar refractivity (Wildman–Crippen MR) is 85.6 cm³/mol. The number of aliphatic hydroxyl groups is 4. The zero-order valence-corrected chi connectivity index (χ0v) is 14.9. The highest BCUT2D eigenvalue weighted by molar-refractivity contribution is 5.99. The van der Waals surface area contributed by atoms with Gasteiger partial charge in [-0.3, -0.25) is 4.79 Å². The van der Waals surface area contributed by atoms with Crippen LogP contribution in [0.5, 0.6) is 0 Å². The van der Waals surface area contributed by atoms with Crippen LogP contribution in [0.1, 0.15) is 13.3 Å². The lowest BCUT2D eigenvalue weighted by molar-refractivity contribution is -0.342. The van der Waals surface area contributed by atoms with E-state index < -0.39 is 61.4 Å². The highest BCUT2D eigenvalue weighted by Crippen LogP contribution is 2.45. The van der Waals surface area contributed by atoms with E-state index >= 15 is 0 Å². The molecule has 3 aliphatic rings. The predicted octanol–water partition coefficient (Wildman–Crippen LogP) is -1.94. The SMILES string of the molecule is COC(=O)C1=CO[C@H](O[C@H]2O[C@H](CO)[C@H](O)[C@@H](O)[C@@H]2O)[C@@H]2[C@H]1C(=O)C[C@H]2C. The molecule has 10 nitrogen and oxygen atoms in total. The van der Waals surface area contributed by atoms with Gasteiger partial charge in [-0.1, -0.05) is 6.92 Å². The number of ketones is 1. The highest BCUT2D eigenvalue weighted by atomic mass is 16.8. The molecule has 0 aromatic carbocycles. The third-order valence-corrected chi connectivity index (χ3v) is 5.43. The summed E-state index contributed by atoms with van der Waals surface area (Å²) < 4.78 is 21.2. The molecule has 1 saturated heterocycles. The third kappa shape index (κ3) is 3.48. The maximum atomic E-state index is 12.4. The molecule has 27 heavy (non-hydrogen) atoms. The van der Waals surface area contributed by atoms with E-state index in [0.29, 0.717) is 0 Å². The molecule has 2 aliphatic heterocycles. The van der Waals surface area contributed by atoms with E-state index in [1.54, 1.807) is 0 Å². The Morgan fingerprint density at radius 1 is 1.22 bits per heavy atom. The summed E-state index contributed by atoms with van der Waals surface area (Å²) in [6, 6.07) is 0. The van der Waals surface area contributed by atoms with E-state index in [-0.39, 0.29) is 23.7 Å². The normalized spacial score (nSPS) is 44.3. The monoisotopic (exact) mass is 388 g/mol. The van der Waals surface area contributed by atoms with Crippen LogP contribution in [-0.2, 0) is 28.5 Å². The van der Waals surface area contributed by atoms with Gasteiger partial charge in [0.1, 0.15) is 30.2 Å². The van der Waals surface area contributed by atoms with Gasteiger partial charge in [-0.15, -0.1) is 0 Å². The average Bonchev–Trinajstić information content (AvgIpc) is 2.96. The van der Waals surface area contributed by atoms with Crippen LogP contribution in [0.25, 0.3) is 0 Å². The lowest BCUT2D eigenvalue weighted by Gasteiger charge is -2.42. The number of Topliss-reactive ketones (excluding diaryl/α,β-unsaturated/α-hetero) is 1. The van der Waals surface area contributed by atoms with Crippen molar-refractivity contribution >= 4 is 11.8 Å². The van der Waals surface area contributed by atoms with Gasteiger partial charge in [0.25, 0.3) is 0 Å². The van der Waals surface area contributed by atoms with Crippen molar-refractivity contribution in [1.29, 1.82) is 0 Å². The summed E-state index contributed by atoms with van der Waals surface area (Å²) in [5, 5.41) is 39.1. The number of ether oxygens (including phenoxy) is 4. The van der Waals surface area contributed by atoms with Crippen LogP contribution >= 0.6 is 0 Å². The molecule has 0 aromatic rings. The van der Waals surface area contributed by atoms with Crippen LogP contribution in [-0.4, -0.2) is 82.9 Å². The van der Waals surface area contributed by atoms with E-state index in [9.17, 15) is 30.0 Å². The van der Waals surface area contributed by atoms with Crippen molar-refractivity contribution in [2.24, 2.45) is 17.8 Å². The van der Waals surface area contributed by atoms with E-state index in [0.717, 1.165) is 6.26 Å². The molecular weight excluding hydrogens is 364 g/mol. The molecule has 0 unspecified atom stereocenters. The Morgan fingerprint density at radius 2 is 1.93 bits per heavy atom. The topological polar surface area (TPSA) is 152 Å². The lowest BCUT2D eigenvalue weighted by atomic mass is 9.83. The number of methoxy groups -OCH3 is 1. The minimum Gasteiger partial charge on any atom is -0.472 e. The fourth-order valence-electron chi connectivity index (χ4n) is 3.96. The largest absolute Gasteiger partial charge is 0.472 e. The lowest BCUT2D eigenvalue weighted by Crippen LogP contribution is -2.60. The molecule has 1 saturated carbocycles. The molecule has 0 spiro atoms. The molecule has 4 N–H and O–H groups in total. The first-order chi connectivity index (χ1) is 12.8. The first-order valence-corrected chi connectivity index (χ1v) is 8.72. The number of aliphatic hydroxyl groups excluding tert-OH is 4. The van der Waals surface area contributed by atoms with Crippen molar-refractivity contribution in [2.45, 2.75) is 50.3 Å². The Morgan fingerprint density at radius 3 is 2.56 bits per heavy atom. The molecule has 2 heterocycles. The van der Waals surface area contributed by atoms with E-state index in [1.165, 1.54) is 7.11 Å². The molecule has 0 aromatic heterocycles. The summed E-state index contributed by atoms with van der Waals surface area (Å²) in [5.74, 6) is -2.28. The molecule has 1 aliphatic carbocycles. The van der Waals surface area contributed by atoms with Crippen LogP contribution in [0.3, 0.4) is 0 Å². The fourth-order valence-corrected chi connectivity index (χ4v) is 3.96. The van der Waals surface area contributed by atoms with Crippen molar-refractivity contribution in [3.8, 4) is 0 Å². The third-order valence-electron chi connectivity index (χ3n) is 5.43. The second-order valence-electron chi connectivity index (χ2n) is 7.11. The van der Waals surface area contributed by atoms with E-state index in [2.05, 4.69) is 0 Å². The Kier molecular flexibility index (Phi) is 5.84. The number of hydrogen-bond acceptors (Lipinski definition) is 10. The Bertz CT molecular complexity index is 617. The number of carbonyl (C=O) groups excluding carboxylic acids is 2. The van der Waals surface area contributed by atoms with Gasteiger partial charge < -0.3 is 39.4 Å². The average molecular weight is 388 g/mol. The van der Waals surface area contributed by atoms with Crippen LogP contribution < -0.4 is 0 Å². The first-order valence-electron chi connectivity index (χ1n) is 8.72. The standard InChI is InChI=1S/C17H24O10/c1-6-3-8(19)11-7(15(23)24-2)5-25-16(10(6)11)27-17-14(22)13(21)12(20)9(4-18)26-17/h5-6,9-14,16-18,20-22H,3-4H2,1-2H3/t6-,9-,10+,11-,12+,13-,14+,16-,17-/m1/s1. The summed E-state index contributed by atoms with van der Waals surface area (Å²) in [4.78, 5) is 24.4. The number of hydrogen-bond donors (Lipinski definition) is 4. The Hall–Kier alpha value is -1.56. The minimum atomic E-state index is -1.59. The molecular formula is C17H24O10. The Labute approximate surface area is 155 Å². The summed E-state index contributed by atoms with van der Waals surface area (Å²) >= 11 is 0. The van der Waals surface area contributed by atoms with E-state index in [4.69, 9.17) is 18.9 Å². The first kappa shape index (κ1) is 20.2. The van der Waals surface area contributed by atoms with Crippen molar-refractivity contribution in [3.05, 3.63) is 11.8 Å². The van der Waals surface area contributed by atoms with Gasteiger partial charge >= 0.3 is 5.97 Å². The number of carbonyl (C=O) groups is 2. The molecule has 9 atom stereocenters. The molecule has 0 bridgehead atoms. The van der Waals surface area contributed by atoms with Crippen LogP contribution in [0.2, 0.25) is 0 Å². The van der Waals surface area contributed by atoms with Gasteiger partial charge in [-0.25, -0.2) is 4.79 Å². The van der Waals surface area contributed by atoms with Crippen molar-refractivity contribution < 1.29 is 49.0 Å². The van der Waals surface area contributed by atoms with Crippen molar-refractivity contribution in [2.75, 3.05) is 13.7 Å². The van der Waals surface area contributed by atoms with Gasteiger partial charge in [0, 0.05) is 12.3 Å². The second-order valence-corrected chi connectivity index (χ2v) is 7.11. The number of rotatable bonds is 4. The maximum absolute atomic E-state index is 12.4. The number of fused-ring (bicyclic) bond motifs is 1. The zero-order chi connectivity index (χ0) is 19.9. The second kappa shape index (κ2) is 7.82. The molecule has 0 amide bonds. The maximum Gasteiger partial charge on any atom is 0.337 e. The summed E-state index contributed by atoms with van der Waals surface area (Å²) in [7, 11) is 1.21. The minimum absolute atomic E-state index is 0.102. The summed E-state index contributed by atoms with van der Waals surface area (Å²) in [6.45, 7) is 1.22. The zero-order valence-electron chi connectivity index (χ0n) is 14.9. The van der Waals surface area contributed by atoms with Gasteiger partial charge in [0.05, 0.1) is 31.5 Å². The van der Waals surface area contributed by atoms with Crippen LogP contribution in [0.4, 0.5) is 0 Å². The summed E-state index contributed by atoms with van der Waals surface area (Å²) in [5.41, 5.74) is 0.102. The van der Waals surface area contributed by atoms with Gasteiger partial charge in [0.15, 0.2) is 6.29 Å². The Balaban J connectivity index is 1.82. The molecule has 2 fully saturated rings. The fraction of sp³-hybridized carbons (Fsp3) is 0.765. The molecule has 0 radical (unpaired) electrons. The smallest absolute Gasteiger partial charge is 0.337 e. The highest BCUT2D eigenvalue weighted by Gasteiger charge is 2.54. The molecule has 10 heteroatoms. The quantitative estimate of drug-likeness (QED) is 0.400. The van der Waals surface area contributed by atoms with E-state index in [1.807, 2.05) is 6.92 Å². The van der Waals surface area contributed by atoms with Crippen molar-refractivity contribution in [1.82, 2.24) is 0 Å². The van der Waals surface area contributed by atoms with Gasteiger partial charge in [0.2, 0.25) is 6.29 Å². The molecule has 152 valence electrons. The van der Waals surface area contributed by atoms with Crippen molar-refractivity contribution in [3.63, 3.8) is 0 Å². The van der Waals surface area contributed by atoms with Gasteiger partial charge in [-0.05, 0) is 5.92 Å². The van der Waals surface area contributed by atoms with Gasteiger partial charge in [-0.2, -0.15) is 0 Å². The molecule has 3 rings (SSSR count). The summed E-state index contributed by atoms with van der Waals surface area (Å²) in [6.07, 6.45) is -6.93. The number of esters is 1. The van der Waals surface area contributed by atoms with Crippen LogP contribution in [0.15, 0.2) is 11.8 Å². The van der Waals surface area contributed by atoms with Crippen LogP contribution in [0, 0.1) is 17.8 Å².